The SMILES string of the molecule is COc1ccc(C)cc1NC(=O)N1CCC[C@H]1CO. The predicted molar refractivity (Wildman–Crippen MR) is 73.6 cm³/mol. The van der Waals surface area contributed by atoms with Gasteiger partial charge in [-0.2, -0.15) is 0 Å². The van der Waals surface area contributed by atoms with Crippen LogP contribution in [-0.2, 0) is 0 Å². The molecular formula is C14H20N2O3. The molecule has 0 spiro atoms. The van der Waals surface area contributed by atoms with E-state index in [9.17, 15) is 9.90 Å². The number of amides is 2. The molecule has 0 aromatic heterocycles. The lowest BCUT2D eigenvalue weighted by molar-refractivity contribution is 0.166. The Bertz CT molecular complexity index is 462. The van der Waals surface area contributed by atoms with Crippen LogP contribution in [0.15, 0.2) is 18.2 Å². The minimum atomic E-state index is -0.180. The summed E-state index contributed by atoms with van der Waals surface area (Å²) in [6, 6.07) is 5.39. The molecule has 104 valence electrons. The van der Waals surface area contributed by atoms with E-state index in [1.807, 2.05) is 25.1 Å². The smallest absolute Gasteiger partial charge is 0.322 e. The lowest BCUT2D eigenvalue weighted by Crippen LogP contribution is -2.40. The van der Waals surface area contributed by atoms with Crippen LogP contribution in [0.2, 0.25) is 0 Å². The molecule has 0 unspecified atom stereocenters. The molecule has 0 aliphatic carbocycles. The highest BCUT2D eigenvalue weighted by molar-refractivity contribution is 5.91. The highest BCUT2D eigenvalue weighted by Crippen LogP contribution is 2.26. The molecule has 0 radical (unpaired) electrons. The number of likely N-dealkylation sites (tertiary alicyclic amines) is 1. The quantitative estimate of drug-likeness (QED) is 0.877. The second-order valence-electron chi connectivity index (χ2n) is 4.81. The Labute approximate surface area is 113 Å². The van der Waals surface area contributed by atoms with Crippen LogP contribution in [0, 0.1) is 6.92 Å². The number of carbonyl (C=O) groups excluding carboxylic acids is 1. The van der Waals surface area contributed by atoms with Crippen molar-refractivity contribution in [2.75, 3.05) is 25.6 Å². The van der Waals surface area contributed by atoms with Crippen LogP contribution in [0.25, 0.3) is 0 Å². The summed E-state index contributed by atoms with van der Waals surface area (Å²) in [6.45, 7) is 2.66. The zero-order valence-corrected chi connectivity index (χ0v) is 11.3. The Morgan fingerprint density at radius 1 is 1.58 bits per heavy atom. The van der Waals surface area contributed by atoms with Gasteiger partial charge in [-0.15, -0.1) is 0 Å². The second-order valence-corrected chi connectivity index (χ2v) is 4.81. The maximum atomic E-state index is 12.2. The molecule has 1 aliphatic rings. The maximum absolute atomic E-state index is 12.2. The molecule has 1 saturated heterocycles. The average molecular weight is 264 g/mol. The average Bonchev–Trinajstić information content (AvgIpc) is 2.87. The van der Waals surface area contributed by atoms with E-state index in [0.29, 0.717) is 18.0 Å². The molecular weight excluding hydrogens is 244 g/mol. The number of nitrogens with one attached hydrogen (secondary N) is 1. The van der Waals surface area contributed by atoms with Crippen molar-refractivity contribution in [3.63, 3.8) is 0 Å². The largest absolute Gasteiger partial charge is 0.495 e. The number of urea groups is 1. The van der Waals surface area contributed by atoms with Gasteiger partial charge in [-0.05, 0) is 37.5 Å². The number of aliphatic hydroxyl groups is 1. The maximum Gasteiger partial charge on any atom is 0.322 e. The number of rotatable bonds is 3. The molecule has 5 heteroatoms. The van der Waals surface area contributed by atoms with Crippen LogP contribution in [0.5, 0.6) is 5.75 Å². The number of hydrogen-bond donors (Lipinski definition) is 2. The van der Waals surface area contributed by atoms with E-state index >= 15 is 0 Å². The topological polar surface area (TPSA) is 61.8 Å². The fourth-order valence-corrected chi connectivity index (χ4v) is 2.40. The Balaban J connectivity index is 2.12. The highest BCUT2D eigenvalue weighted by Gasteiger charge is 2.28. The van der Waals surface area contributed by atoms with Gasteiger partial charge in [0.05, 0.1) is 25.4 Å². The number of ether oxygens (including phenoxy) is 1. The lowest BCUT2D eigenvalue weighted by Gasteiger charge is -2.24. The van der Waals surface area contributed by atoms with Crippen LogP contribution in [0.3, 0.4) is 0 Å². The van der Waals surface area contributed by atoms with Crippen molar-refractivity contribution in [2.24, 2.45) is 0 Å². The predicted octanol–water partition coefficient (Wildman–Crippen LogP) is 1.99. The lowest BCUT2D eigenvalue weighted by atomic mass is 10.2. The minimum Gasteiger partial charge on any atom is -0.495 e. The molecule has 1 aromatic carbocycles. The molecule has 0 saturated carbocycles. The summed E-state index contributed by atoms with van der Waals surface area (Å²) in [4.78, 5) is 13.9. The normalized spacial score (nSPS) is 18.5. The van der Waals surface area contributed by atoms with Gasteiger partial charge in [-0.25, -0.2) is 4.79 Å². The monoisotopic (exact) mass is 264 g/mol. The summed E-state index contributed by atoms with van der Waals surface area (Å²) < 4.78 is 5.23. The third kappa shape index (κ3) is 2.98. The van der Waals surface area contributed by atoms with E-state index in [1.54, 1.807) is 12.0 Å². The van der Waals surface area contributed by atoms with Crippen molar-refractivity contribution in [2.45, 2.75) is 25.8 Å². The van der Waals surface area contributed by atoms with Gasteiger partial charge in [-0.1, -0.05) is 6.07 Å². The molecule has 2 amide bonds. The van der Waals surface area contributed by atoms with Gasteiger partial charge in [0.1, 0.15) is 5.75 Å². The van der Waals surface area contributed by atoms with Gasteiger partial charge >= 0.3 is 6.03 Å². The molecule has 1 aromatic rings. The number of nitrogens with zero attached hydrogens (tertiary/aromatic N) is 1. The zero-order chi connectivity index (χ0) is 13.8. The Morgan fingerprint density at radius 3 is 3.05 bits per heavy atom. The number of carbonyl (C=O) groups is 1. The first-order valence-electron chi connectivity index (χ1n) is 6.49. The Morgan fingerprint density at radius 2 is 2.37 bits per heavy atom. The van der Waals surface area contributed by atoms with Crippen molar-refractivity contribution in [1.82, 2.24) is 4.90 Å². The zero-order valence-electron chi connectivity index (χ0n) is 11.3. The van der Waals surface area contributed by atoms with Gasteiger partial charge in [0.25, 0.3) is 0 Å². The molecule has 0 bridgehead atoms. The van der Waals surface area contributed by atoms with E-state index in [-0.39, 0.29) is 18.7 Å². The summed E-state index contributed by atoms with van der Waals surface area (Å²) in [5, 5.41) is 12.1. The molecule has 1 heterocycles. The molecule has 5 nitrogen and oxygen atoms in total. The van der Waals surface area contributed by atoms with Crippen LogP contribution in [0.1, 0.15) is 18.4 Å². The molecule has 1 fully saturated rings. The number of methoxy groups -OCH3 is 1. The first-order chi connectivity index (χ1) is 9.15. The fourth-order valence-electron chi connectivity index (χ4n) is 2.40. The highest BCUT2D eigenvalue weighted by atomic mass is 16.5. The standard InChI is InChI=1S/C14H20N2O3/c1-10-5-6-13(19-2)12(8-10)15-14(18)16-7-3-4-11(16)9-17/h5-6,8,11,17H,3-4,7,9H2,1-2H3,(H,15,18)/t11-/m0/s1. The third-order valence-electron chi connectivity index (χ3n) is 3.45. The Kier molecular flexibility index (Phi) is 4.27. The fraction of sp³-hybridized carbons (Fsp3) is 0.500. The summed E-state index contributed by atoms with van der Waals surface area (Å²) in [5.41, 5.74) is 1.72. The third-order valence-corrected chi connectivity index (χ3v) is 3.45. The number of benzene rings is 1. The van der Waals surface area contributed by atoms with Gasteiger partial charge in [0, 0.05) is 6.54 Å². The van der Waals surface area contributed by atoms with Crippen molar-refractivity contribution >= 4 is 11.7 Å². The molecule has 2 rings (SSSR count). The van der Waals surface area contributed by atoms with Gasteiger partial charge in [-0.3, -0.25) is 0 Å². The first kappa shape index (κ1) is 13.7. The van der Waals surface area contributed by atoms with Gasteiger partial charge < -0.3 is 20.1 Å². The van der Waals surface area contributed by atoms with Gasteiger partial charge in [0.2, 0.25) is 0 Å². The molecule has 1 aliphatic heterocycles. The van der Waals surface area contributed by atoms with Crippen molar-refractivity contribution in [3.05, 3.63) is 23.8 Å². The second kappa shape index (κ2) is 5.93. The summed E-state index contributed by atoms with van der Waals surface area (Å²) in [6.07, 6.45) is 1.79. The van der Waals surface area contributed by atoms with E-state index in [1.165, 1.54) is 0 Å². The number of aryl methyl sites for hydroxylation is 1. The van der Waals surface area contributed by atoms with Crippen LogP contribution >= 0.6 is 0 Å². The number of anilines is 1. The minimum absolute atomic E-state index is 0.0123. The summed E-state index contributed by atoms with van der Waals surface area (Å²) >= 11 is 0. The number of hydrogen-bond acceptors (Lipinski definition) is 3. The van der Waals surface area contributed by atoms with E-state index in [2.05, 4.69) is 5.32 Å². The van der Waals surface area contributed by atoms with Crippen molar-refractivity contribution in [1.29, 1.82) is 0 Å². The summed E-state index contributed by atoms with van der Waals surface area (Å²) in [7, 11) is 1.58. The van der Waals surface area contributed by atoms with Crippen molar-refractivity contribution in [3.8, 4) is 5.75 Å². The Hall–Kier alpha value is -1.75. The van der Waals surface area contributed by atoms with Crippen LogP contribution < -0.4 is 10.1 Å². The summed E-state index contributed by atoms with van der Waals surface area (Å²) in [5.74, 6) is 0.638. The van der Waals surface area contributed by atoms with Crippen molar-refractivity contribution < 1.29 is 14.6 Å². The van der Waals surface area contributed by atoms with Crippen LogP contribution in [0.4, 0.5) is 10.5 Å². The molecule has 1 atom stereocenters. The van der Waals surface area contributed by atoms with Crippen LogP contribution in [-0.4, -0.2) is 42.3 Å². The molecule has 2 N–H and O–H groups in total. The number of aliphatic hydroxyl groups excluding tert-OH is 1. The van der Waals surface area contributed by atoms with E-state index < -0.39 is 0 Å². The molecule has 19 heavy (non-hydrogen) atoms. The van der Waals surface area contributed by atoms with Gasteiger partial charge in [0.15, 0.2) is 0 Å². The van der Waals surface area contributed by atoms with E-state index in [0.717, 1.165) is 18.4 Å². The van der Waals surface area contributed by atoms with E-state index in [4.69, 9.17) is 4.74 Å². The first-order valence-corrected chi connectivity index (χ1v) is 6.49.